The van der Waals surface area contributed by atoms with E-state index in [9.17, 15) is 8.42 Å². The van der Waals surface area contributed by atoms with Crippen molar-refractivity contribution in [3.05, 3.63) is 24.3 Å². The van der Waals surface area contributed by atoms with E-state index in [1.807, 2.05) is 0 Å². The molecule has 1 atom stereocenters. The highest BCUT2D eigenvalue weighted by molar-refractivity contribution is 7.85. The Morgan fingerprint density at radius 2 is 1.42 bits per heavy atom. The Hall–Kier alpha value is -0.610. The molecule has 19 heavy (non-hydrogen) atoms. The van der Waals surface area contributed by atoms with Gasteiger partial charge in [-0.1, -0.05) is 38.2 Å². The van der Waals surface area contributed by atoms with Gasteiger partial charge in [0, 0.05) is 0 Å². The summed E-state index contributed by atoms with van der Waals surface area (Å²) in [6.07, 6.45) is 15.7. The first-order valence-electron chi connectivity index (χ1n) is 7.14. The van der Waals surface area contributed by atoms with Crippen molar-refractivity contribution in [2.75, 3.05) is 12.9 Å². The highest BCUT2D eigenvalue weighted by atomic mass is 32.2. The molecule has 0 aromatic heterocycles. The van der Waals surface area contributed by atoms with Gasteiger partial charge in [-0.25, -0.2) is 0 Å². The average molecular weight is 288 g/mol. The van der Waals surface area contributed by atoms with Crippen molar-refractivity contribution in [3.63, 3.8) is 0 Å². The summed E-state index contributed by atoms with van der Waals surface area (Å²) in [6.45, 7) is 4.52. The van der Waals surface area contributed by atoms with Crippen LogP contribution in [-0.2, 0) is 14.3 Å². The molecule has 3 nitrogen and oxygen atoms in total. The Labute approximate surface area is 118 Å². The van der Waals surface area contributed by atoms with Gasteiger partial charge in [-0.3, -0.25) is 4.18 Å². The van der Waals surface area contributed by atoms with Crippen LogP contribution in [0.15, 0.2) is 24.3 Å². The lowest BCUT2D eigenvalue weighted by Crippen LogP contribution is -2.13. The third-order valence-corrected chi connectivity index (χ3v) is 3.37. The summed E-state index contributed by atoms with van der Waals surface area (Å²) in [5.41, 5.74) is 0. The Bertz CT molecular complexity index is 338. The highest BCUT2D eigenvalue weighted by Gasteiger charge is 2.11. The lowest BCUT2D eigenvalue weighted by atomic mass is 9.98. The molecule has 0 aliphatic rings. The van der Waals surface area contributed by atoms with Crippen molar-refractivity contribution in [2.45, 2.75) is 52.4 Å². The maximum atomic E-state index is 11.0. The summed E-state index contributed by atoms with van der Waals surface area (Å²) in [5.74, 6) is 0.303. The van der Waals surface area contributed by atoms with E-state index in [1.54, 1.807) is 0 Å². The van der Waals surface area contributed by atoms with Gasteiger partial charge in [0.25, 0.3) is 10.1 Å². The van der Waals surface area contributed by atoms with Crippen molar-refractivity contribution in [3.8, 4) is 0 Å². The summed E-state index contributed by atoms with van der Waals surface area (Å²) in [5, 5.41) is 0. The molecule has 0 rings (SSSR count). The van der Waals surface area contributed by atoms with Gasteiger partial charge in [0.05, 0.1) is 12.9 Å². The first-order chi connectivity index (χ1) is 8.99. The Kier molecular flexibility index (Phi) is 10.9. The third-order valence-electron chi connectivity index (χ3n) is 2.81. The van der Waals surface area contributed by atoms with Crippen molar-refractivity contribution in [2.24, 2.45) is 5.92 Å². The van der Waals surface area contributed by atoms with Gasteiger partial charge in [0.15, 0.2) is 0 Å². The topological polar surface area (TPSA) is 43.4 Å². The fraction of sp³-hybridized carbons (Fsp3) is 0.733. The van der Waals surface area contributed by atoms with Gasteiger partial charge in [-0.15, -0.1) is 0 Å². The average Bonchev–Trinajstić information content (AvgIpc) is 2.34. The highest BCUT2D eigenvalue weighted by Crippen LogP contribution is 2.16. The fourth-order valence-electron chi connectivity index (χ4n) is 1.76. The Morgan fingerprint density at radius 1 is 0.947 bits per heavy atom. The van der Waals surface area contributed by atoms with E-state index in [2.05, 4.69) is 38.2 Å². The first kappa shape index (κ1) is 18.4. The zero-order valence-electron chi connectivity index (χ0n) is 12.5. The summed E-state index contributed by atoms with van der Waals surface area (Å²) < 4.78 is 27.0. The Balaban J connectivity index is 4.13. The SMILES string of the molecule is CCC=CCCC(CC/C=C\CC)COS(C)(=O)=O. The predicted molar refractivity (Wildman–Crippen MR) is 81.6 cm³/mol. The van der Waals surface area contributed by atoms with Crippen molar-refractivity contribution >= 4 is 10.1 Å². The molecule has 1 unspecified atom stereocenters. The van der Waals surface area contributed by atoms with Crippen LogP contribution in [0.4, 0.5) is 0 Å². The molecule has 4 heteroatoms. The molecule has 0 radical (unpaired) electrons. The number of rotatable bonds is 11. The lowest BCUT2D eigenvalue weighted by molar-refractivity contribution is 0.240. The molecule has 0 aromatic rings. The smallest absolute Gasteiger partial charge is 0.264 e. The van der Waals surface area contributed by atoms with Crippen molar-refractivity contribution in [1.29, 1.82) is 0 Å². The molecule has 0 aliphatic carbocycles. The summed E-state index contributed by atoms with van der Waals surface area (Å²) in [7, 11) is -3.33. The van der Waals surface area contributed by atoms with E-state index >= 15 is 0 Å². The van der Waals surface area contributed by atoms with Gasteiger partial charge in [0.1, 0.15) is 0 Å². The summed E-state index contributed by atoms with van der Waals surface area (Å²) in [4.78, 5) is 0. The molecular weight excluding hydrogens is 260 g/mol. The van der Waals surface area contributed by atoms with Crippen LogP contribution in [0, 0.1) is 5.92 Å². The largest absolute Gasteiger partial charge is 0.270 e. The second-order valence-corrected chi connectivity index (χ2v) is 6.41. The molecule has 0 aliphatic heterocycles. The summed E-state index contributed by atoms with van der Waals surface area (Å²) >= 11 is 0. The minimum absolute atomic E-state index is 0.303. The molecular formula is C15H28O3S. The van der Waals surface area contributed by atoms with Crippen molar-refractivity contribution < 1.29 is 12.6 Å². The van der Waals surface area contributed by atoms with E-state index in [1.165, 1.54) is 0 Å². The van der Waals surface area contributed by atoms with E-state index in [4.69, 9.17) is 4.18 Å². The second kappa shape index (κ2) is 11.2. The van der Waals surface area contributed by atoms with Gasteiger partial charge < -0.3 is 0 Å². The van der Waals surface area contributed by atoms with E-state index < -0.39 is 10.1 Å². The van der Waals surface area contributed by atoms with Crippen LogP contribution in [0.2, 0.25) is 0 Å². The van der Waals surface area contributed by atoms with E-state index in [0.29, 0.717) is 12.5 Å². The predicted octanol–water partition coefficient (Wildman–Crippen LogP) is 4.07. The fourth-order valence-corrected chi connectivity index (χ4v) is 2.20. The number of allylic oxidation sites excluding steroid dienone is 4. The van der Waals surface area contributed by atoms with Gasteiger partial charge in [-0.05, 0) is 44.4 Å². The second-order valence-electron chi connectivity index (χ2n) is 4.77. The zero-order valence-corrected chi connectivity index (χ0v) is 13.3. The minimum atomic E-state index is -3.33. The van der Waals surface area contributed by atoms with E-state index in [-0.39, 0.29) is 0 Å². The molecule has 0 saturated carbocycles. The monoisotopic (exact) mass is 288 g/mol. The van der Waals surface area contributed by atoms with Crippen LogP contribution in [-0.4, -0.2) is 21.3 Å². The molecule has 0 N–H and O–H groups in total. The summed E-state index contributed by atoms with van der Waals surface area (Å²) in [6, 6.07) is 0. The van der Waals surface area contributed by atoms with Crippen LogP contribution in [0.1, 0.15) is 52.4 Å². The quantitative estimate of drug-likeness (QED) is 0.425. The first-order valence-corrected chi connectivity index (χ1v) is 8.95. The van der Waals surface area contributed by atoms with Gasteiger partial charge >= 0.3 is 0 Å². The van der Waals surface area contributed by atoms with Crippen LogP contribution in [0.5, 0.6) is 0 Å². The van der Waals surface area contributed by atoms with Crippen LogP contribution < -0.4 is 0 Å². The molecule has 0 heterocycles. The maximum Gasteiger partial charge on any atom is 0.264 e. The van der Waals surface area contributed by atoms with E-state index in [0.717, 1.165) is 44.8 Å². The molecule has 112 valence electrons. The molecule has 0 saturated heterocycles. The molecule has 0 bridgehead atoms. The van der Waals surface area contributed by atoms with Crippen LogP contribution >= 0.6 is 0 Å². The minimum Gasteiger partial charge on any atom is -0.270 e. The van der Waals surface area contributed by atoms with Crippen molar-refractivity contribution in [1.82, 2.24) is 0 Å². The number of hydrogen-bond donors (Lipinski definition) is 0. The molecule has 0 fully saturated rings. The lowest BCUT2D eigenvalue weighted by Gasteiger charge is -2.14. The third kappa shape index (κ3) is 13.6. The number of hydrogen-bond acceptors (Lipinski definition) is 3. The normalized spacial score (nSPS) is 14.5. The van der Waals surface area contributed by atoms with Crippen LogP contribution in [0.3, 0.4) is 0 Å². The molecule has 0 aromatic carbocycles. The van der Waals surface area contributed by atoms with Gasteiger partial charge in [0.2, 0.25) is 0 Å². The molecule has 0 amide bonds. The Morgan fingerprint density at radius 3 is 1.79 bits per heavy atom. The van der Waals surface area contributed by atoms with Gasteiger partial charge in [-0.2, -0.15) is 8.42 Å². The maximum absolute atomic E-state index is 11.0. The standard InChI is InChI=1S/C15H28O3S/c1-4-6-8-10-12-15(13-11-9-7-5-2)14-18-19(3,16)17/h6-9,15H,4-5,10-14H2,1-3H3/b8-6-,9-7?. The van der Waals surface area contributed by atoms with Crippen LogP contribution in [0.25, 0.3) is 0 Å². The zero-order chi connectivity index (χ0) is 14.6. The molecule has 0 spiro atoms.